The molecular weight excluding hydrogens is 582 g/mol. The SMILES string of the molecule is Cc1cc2nc(-c3ccc4c(c3)c(N3CCN(C)CC3)nn4C)sc2c(-c2ccc(Cl)cc2)c1C(OC(C)(C)C)C(=O)O. The van der Waals surface area contributed by atoms with Crippen molar-refractivity contribution in [2.75, 3.05) is 38.1 Å². The molecule has 3 aromatic carbocycles. The minimum Gasteiger partial charge on any atom is -0.479 e. The number of likely N-dealkylation sites (N-methyl/N-ethyl adjacent to an activating group) is 1. The zero-order chi connectivity index (χ0) is 30.6. The van der Waals surface area contributed by atoms with Gasteiger partial charge in [-0.1, -0.05) is 23.7 Å². The summed E-state index contributed by atoms with van der Waals surface area (Å²) in [5.74, 6) is -0.0343. The van der Waals surface area contributed by atoms with Crippen molar-refractivity contribution < 1.29 is 14.6 Å². The lowest BCUT2D eigenvalue weighted by Crippen LogP contribution is -2.44. The van der Waals surface area contributed by atoms with Crippen LogP contribution in [0.3, 0.4) is 0 Å². The number of hydrogen-bond acceptors (Lipinski definition) is 7. The van der Waals surface area contributed by atoms with Crippen molar-refractivity contribution in [2.45, 2.75) is 39.4 Å². The summed E-state index contributed by atoms with van der Waals surface area (Å²) < 4.78 is 9.02. The fourth-order valence-electron chi connectivity index (χ4n) is 5.79. The summed E-state index contributed by atoms with van der Waals surface area (Å²) in [5.41, 5.74) is 5.35. The highest BCUT2D eigenvalue weighted by Crippen LogP contribution is 2.45. The van der Waals surface area contributed by atoms with Crippen LogP contribution in [0.15, 0.2) is 48.5 Å². The second-order valence-electron chi connectivity index (χ2n) is 12.3. The monoisotopic (exact) mass is 617 g/mol. The molecule has 0 spiro atoms. The van der Waals surface area contributed by atoms with Gasteiger partial charge in [0, 0.05) is 60.3 Å². The fourth-order valence-corrected chi connectivity index (χ4v) is 7.04. The molecule has 1 N–H and O–H groups in total. The predicted molar refractivity (Wildman–Crippen MR) is 175 cm³/mol. The zero-order valence-electron chi connectivity index (χ0n) is 25.3. The number of ether oxygens (including phenoxy) is 1. The molecule has 6 rings (SSSR count). The van der Waals surface area contributed by atoms with E-state index in [4.69, 9.17) is 26.4 Å². The van der Waals surface area contributed by atoms with Gasteiger partial charge in [0.25, 0.3) is 0 Å². The lowest BCUT2D eigenvalue weighted by Gasteiger charge is -2.32. The van der Waals surface area contributed by atoms with Crippen LogP contribution in [0.25, 0.3) is 42.8 Å². The fraction of sp³-hybridized carbons (Fsp3) is 0.364. The number of piperazine rings is 1. The van der Waals surface area contributed by atoms with Crippen LogP contribution in [0.4, 0.5) is 5.82 Å². The van der Waals surface area contributed by atoms with E-state index in [1.54, 1.807) is 11.3 Å². The molecule has 3 heterocycles. The molecular formula is C33H36ClN5O3S. The van der Waals surface area contributed by atoms with E-state index in [1.165, 1.54) is 0 Å². The second kappa shape index (κ2) is 11.2. The van der Waals surface area contributed by atoms with Crippen LogP contribution < -0.4 is 4.90 Å². The van der Waals surface area contributed by atoms with E-state index in [9.17, 15) is 9.90 Å². The minimum atomic E-state index is -1.15. The van der Waals surface area contributed by atoms with E-state index in [1.807, 2.05) is 69.8 Å². The number of fused-ring (bicyclic) bond motifs is 2. The molecule has 0 radical (unpaired) electrons. The molecule has 1 fully saturated rings. The summed E-state index contributed by atoms with van der Waals surface area (Å²) in [6.45, 7) is 11.4. The number of aryl methyl sites for hydroxylation is 2. The molecule has 8 nitrogen and oxygen atoms in total. The Kier molecular flexibility index (Phi) is 7.71. The van der Waals surface area contributed by atoms with Crippen molar-refractivity contribution in [3.8, 4) is 21.7 Å². The normalized spacial score (nSPS) is 15.5. The summed E-state index contributed by atoms with van der Waals surface area (Å²) in [4.78, 5) is 22.5. The van der Waals surface area contributed by atoms with Crippen LogP contribution in [-0.2, 0) is 16.6 Å². The van der Waals surface area contributed by atoms with Crippen molar-refractivity contribution in [3.05, 3.63) is 64.7 Å². The highest BCUT2D eigenvalue weighted by molar-refractivity contribution is 7.22. The molecule has 43 heavy (non-hydrogen) atoms. The summed E-state index contributed by atoms with van der Waals surface area (Å²) >= 11 is 7.82. The predicted octanol–water partition coefficient (Wildman–Crippen LogP) is 7.17. The van der Waals surface area contributed by atoms with Crippen LogP contribution in [0.1, 0.15) is 38.0 Å². The van der Waals surface area contributed by atoms with Crippen LogP contribution in [0, 0.1) is 6.92 Å². The van der Waals surface area contributed by atoms with Crippen LogP contribution >= 0.6 is 22.9 Å². The van der Waals surface area contributed by atoms with E-state index >= 15 is 0 Å². The first kappa shape index (κ1) is 29.6. The summed E-state index contributed by atoms with van der Waals surface area (Å²) in [7, 11) is 4.14. The number of aromatic nitrogens is 3. The molecule has 1 unspecified atom stereocenters. The Morgan fingerprint density at radius 2 is 1.70 bits per heavy atom. The van der Waals surface area contributed by atoms with Crippen LogP contribution in [0.5, 0.6) is 0 Å². The molecule has 1 saturated heterocycles. The number of carboxylic acids is 1. The summed E-state index contributed by atoms with van der Waals surface area (Å²) in [5, 5.41) is 17.8. The number of aliphatic carboxylic acids is 1. The van der Waals surface area contributed by atoms with Gasteiger partial charge in [-0.2, -0.15) is 5.10 Å². The topological polar surface area (TPSA) is 83.7 Å². The maximum Gasteiger partial charge on any atom is 0.337 e. The number of nitrogens with zero attached hydrogens (tertiary/aromatic N) is 5. The van der Waals surface area contributed by atoms with Gasteiger partial charge in [0.2, 0.25) is 0 Å². The van der Waals surface area contributed by atoms with Crippen molar-refractivity contribution in [2.24, 2.45) is 7.05 Å². The Hall–Kier alpha value is -3.50. The molecule has 1 atom stereocenters. The third kappa shape index (κ3) is 5.74. The van der Waals surface area contributed by atoms with E-state index in [-0.39, 0.29) is 0 Å². The van der Waals surface area contributed by atoms with Crippen molar-refractivity contribution in [3.63, 3.8) is 0 Å². The molecule has 0 amide bonds. The Balaban J connectivity index is 1.53. The molecule has 1 aliphatic rings. The number of anilines is 1. The Bertz CT molecular complexity index is 1830. The summed E-state index contributed by atoms with van der Waals surface area (Å²) in [6, 6.07) is 15.9. The summed E-state index contributed by atoms with van der Waals surface area (Å²) in [6.07, 6.45) is -1.15. The van der Waals surface area contributed by atoms with Crippen LogP contribution in [0.2, 0.25) is 5.02 Å². The number of halogens is 1. The van der Waals surface area contributed by atoms with Gasteiger partial charge in [0.05, 0.1) is 21.3 Å². The molecule has 10 heteroatoms. The average Bonchev–Trinajstić information content (AvgIpc) is 3.52. The first-order valence-corrected chi connectivity index (χ1v) is 15.6. The highest BCUT2D eigenvalue weighted by atomic mass is 35.5. The van der Waals surface area contributed by atoms with E-state index < -0.39 is 17.7 Å². The van der Waals surface area contributed by atoms with Gasteiger partial charge in [-0.3, -0.25) is 4.68 Å². The lowest BCUT2D eigenvalue weighted by molar-refractivity contribution is -0.160. The molecule has 0 saturated carbocycles. The van der Waals surface area contributed by atoms with Gasteiger partial charge in [-0.05, 0) is 82.3 Å². The highest BCUT2D eigenvalue weighted by Gasteiger charge is 2.32. The van der Waals surface area contributed by atoms with Crippen molar-refractivity contribution in [1.29, 1.82) is 0 Å². The number of carbonyl (C=O) groups is 1. The Morgan fingerprint density at radius 3 is 2.35 bits per heavy atom. The molecule has 5 aromatic rings. The molecule has 2 aromatic heterocycles. The lowest BCUT2D eigenvalue weighted by atomic mass is 9.91. The van der Waals surface area contributed by atoms with Gasteiger partial charge in [-0.15, -0.1) is 11.3 Å². The molecule has 224 valence electrons. The van der Waals surface area contributed by atoms with Gasteiger partial charge in [0.1, 0.15) is 5.01 Å². The number of hydrogen-bond donors (Lipinski definition) is 1. The van der Waals surface area contributed by atoms with Gasteiger partial charge in [0.15, 0.2) is 11.9 Å². The molecule has 0 bridgehead atoms. The smallest absolute Gasteiger partial charge is 0.337 e. The van der Waals surface area contributed by atoms with Crippen molar-refractivity contribution >= 4 is 55.8 Å². The standard InChI is InChI=1S/C33H36ClN5O3S/c1-19-17-24-29(27(20-7-10-22(34)11-8-20)26(19)28(32(40)41)42-33(2,3)4)43-31(35-24)21-9-12-25-23(18-21)30(36-38(25)6)39-15-13-37(5)14-16-39/h7-12,17-18,28H,13-16H2,1-6H3,(H,40,41). The maximum atomic E-state index is 12.7. The second-order valence-corrected chi connectivity index (χ2v) is 13.7. The number of benzene rings is 3. The Labute approximate surface area is 260 Å². The molecule has 1 aliphatic heterocycles. The van der Waals surface area contributed by atoms with E-state index in [0.29, 0.717) is 10.6 Å². The third-order valence-corrected chi connectivity index (χ3v) is 9.29. The van der Waals surface area contributed by atoms with Gasteiger partial charge >= 0.3 is 5.97 Å². The Morgan fingerprint density at radius 1 is 1.02 bits per heavy atom. The third-order valence-electron chi connectivity index (χ3n) is 7.90. The molecule has 0 aliphatic carbocycles. The zero-order valence-corrected chi connectivity index (χ0v) is 26.9. The van der Waals surface area contributed by atoms with Gasteiger partial charge < -0.3 is 19.6 Å². The van der Waals surface area contributed by atoms with E-state index in [2.05, 4.69) is 35.0 Å². The number of rotatable bonds is 6. The quantitative estimate of drug-likeness (QED) is 0.216. The minimum absolute atomic E-state index is 0.612. The first-order valence-electron chi connectivity index (χ1n) is 14.4. The van der Waals surface area contributed by atoms with Crippen molar-refractivity contribution in [1.82, 2.24) is 19.7 Å². The largest absolute Gasteiger partial charge is 0.479 e. The number of carboxylic acid groups (broad SMARTS) is 1. The maximum absolute atomic E-state index is 12.7. The average molecular weight is 618 g/mol. The van der Waals surface area contributed by atoms with Crippen LogP contribution in [-0.4, -0.2) is 69.6 Å². The van der Waals surface area contributed by atoms with E-state index in [0.717, 1.165) is 80.4 Å². The van der Waals surface area contributed by atoms with Gasteiger partial charge in [-0.25, -0.2) is 9.78 Å². The number of thiazole rings is 1. The first-order chi connectivity index (χ1) is 20.4.